The van der Waals surface area contributed by atoms with Crippen LogP contribution in [-0.4, -0.2) is 20.2 Å². The lowest BCUT2D eigenvalue weighted by molar-refractivity contribution is 0.185. The van der Waals surface area contributed by atoms with E-state index >= 15 is 0 Å². The number of methoxy groups -OCH3 is 1. The van der Waals surface area contributed by atoms with Crippen LogP contribution in [0.3, 0.4) is 0 Å². The first kappa shape index (κ1) is 10.3. The summed E-state index contributed by atoms with van der Waals surface area (Å²) in [5.74, 6) is 0. The van der Waals surface area contributed by atoms with Gasteiger partial charge in [0, 0.05) is 37.1 Å². The molecule has 0 aromatic heterocycles. The molecule has 2 rings (SSSR count). The lowest BCUT2D eigenvalue weighted by Crippen LogP contribution is -2.19. The van der Waals surface area contributed by atoms with E-state index in [1.807, 2.05) is 12.1 Å². The van der Waals surface area contributed by atoms with Gasteiger partial charge in [-0.2, -0.15) is 0 Å². The lowest BCUT2D eigenvalue weighted by atomic mass is 10.1. The number of nitrogen functional groups attached to an aromatic ring is 1. The quantitative estimate of drug-likeness (QED) is 0.769. The van der Waals surface area contributed by atoms with Gasteiger partial charge < -0.3 is 15.4 Å². The Morgan fingerprint density at radius 3 is 2.73 bits per heavy atom. The van der Waals surface area contributed by atoms with Crippen LogP contribution in [0.1, 0.15) is 18.4 Å². The molecule has 1 fully saturated rings. The van der Waals surface area contributed by atoms with Gasteiger partial charge in [-0.25, -0.2) is 0 Å². The summed E-state index contributed by atoms with van der Waals surface area (Å²) >= 11 is 0. The largest absolute Gasteiger partial charge is 0.399 e. The van der Waals surface area contributed by atoms with Gasteiger partial charge in [0.2, 0.25) is 0 Å². The third-order valence-corrected chi connectivity index (χ3v) is 2.85. The minimum Gasteiger partial charge on any atom is -0.399 e. The molecular weight excluding hydrogens is 188 g/mol. The van der Waals surface area contributed by atoms with E-state index in [-0.39, 0.29) is 0 Å². The molecule has 1 aliphatic rings. The van der Waals surface area contributed by atoms with Gasteiger partial charge in [-0.1, -0.05) is 0 Å². The molecular formula is C12H18N2O. The second-order valence-electron chi connectivity index (χ2n) is 4.02. The Labute approximate surface area is 90.8 Å². The summed E-state index contributed by atoms with van der Waals surface area (Å²) < 4.78 is 5.20. The fraction of sp³-hybridized carbons (Fsp3) is 0.500. The zero-order valence-electron chi connectivity index (χ0n) is 9.20. The van der Waals surface area contributed by atoms with E-state index < -0.39 is 0 Å². The van der Waals surface area contributed by atoms with Gasteiger partial charge >= 0.3 is 0 Å². The topological polar surface area (TPSA) is 38.5 Å². The van der Waals surface area contributed by atoms with E-state index in [9.17, 15) is 0 Å². The van der Waals surface area contributed by atoms with Crippen molar-refractivity contribution in [2.24, 2.45) is 0 Å². The molecule has 1 heterocycles. The molecule has 0 bridgehead atoms. The van der Waals surface area contributed by atoms with Crippen molar-refractivity contribution in [1.29, 1.82) is 0 Å². The van der Waals surface area contributed by atoms with Crippen LogP contribution in [0.25, 0.3) is 0 Å². The first-order valence-electron chi connectivity index (χ1n) is 5.43. The zero-order chi connectivity index (χ0) is 10.7. The number of rotatable bonds is 3. The normalized spacial score (nSPS) is 15.9. The Bertz CT molecular complexity index is 332. The van der Waals surface area contributed by atoms with Gasteiger partial charge in [-0.05, 0) is 31.0 Å². The summed E-state index contributed by atoms with van der Waals surface area (Å²) in [6.07, 6.45) is 2.58. The smallest absolute Gasteiger partial charge is 0.0734 e. The monoisotopic (exact) mass is 206 g/mol. The minimum atomic E-state index is 0.636. The molecule has 1 aliphatic heterocycles. The van der Waals surface area contributed by atoms with E-state index in [0.29, 0.717) is 6.61 Å². The summed E-state index contributed by atoms with van der Waals surface area (Å²) in [5, 5.41) is 0. The fourth-order valence-corrected chi connectivity index (χ4v) is 2.14. The number of anilines is 2. The first-order chi connectivity index (χ1) is 7.31. The number of hydrogen-bond donors (Lipinski definition) is 1. The molecule has 3 nitrogen and oxygen atoms in total. The maximum Gasteiger partial charge on any atom is 0.0734 e. The van der Waals surface area contributed by atoms with Crippen molar-refractivity contribution in [3.63, 3.8) is 0 Å². The standard InChI is InChI=1S/C12H18N2O/c1-15-9-10-8-11(13)4-5-12(10)14-6-2-3-7-14/h4-5,8H,2-3,6-7,9,13H2,1H3. The maximum atomic E-state index is 5.78. The minimum absolute atomic E-state index is 0.636. The van der Waals surface area contributed by atoms with Crippen LogP contribution in [0.15, 0.2) is 18.2 Å². The molecule has 15 heavy (non-hydrogen) atoms. The molecule has 0 aliphatic carbocycles. The zero-order valence-corrected chi connectivity index (χ0v) is 9.20. The van der Waals surface area contributed by atoms with Gasteiger partial charge in [0.25, 0.3) is 0 Å². The van der Waals surface area contributed by atoms with Gasteiger partial charge in [0.05, 0.1) is 6.61 Å². The van der Waals surface area contributed by atoms with Crippen molar-refractivity contribution in [1.82, 2.24) is 0 Å². The Hall–Kier alpha value is -1.22. The van der Waals surface area contributed by atoms with E-state index in [2.05, 4.69) is 11.0 Å². The van der Waals surface area contributed by atoms with E-state index in [0.717, 1.165) is 18.8 Å². The van der Waals surface area contributed by atoms with E-state index in [1.54, 1.807) is 7.11 Å². The number of nitrogens with zero attached hydrogens (tertiary/aromatic N) is 1. The van der Waals surface area contributed by atoms with Crippen molar-refractivity contribution < 1.29 is 4.74 Å². The molecule has 0 amide bonds. The number of ether oxygens (including phenoxy) is 1. The molecule has 3 heteroatoms. The van der Waals surface area contributed by atoms with Crippen molar-refractivity contribution in [3.05, 3.63) is 23.8 Å². The summed E-state index contributed by atoms with van der Waals surface area (Å²) in [5.41, 5.74) is 9.07. The van der Waals surface area contributed by atoms with E-state index in [1.165, 1.54) is 24.1 Å². The highest BCUT2D eigenvalue weighted by atomic mass is 16.5. The Morgan fingerprint density at radius 1 is 1.33 bits per heavy atom. The van der Waals surface area contributed by atoms with Gasteiger partial charge in [0.1, 0.15) is 0 Å². The van der Waals surface area contributed by atoms with Crippen LogP contribution in [0.5, 0.6) is 0 Å². The van der Waals surface area contributed by atoms with Crippen molar-refractivity contribution in [2.75, 3.05) is 30.8 Å². The van der Waals surface area contributed by atoms with Gasteiger partial charge in [-0.3, -0.25) is 0 Å². The predicted octanol–water partition coefficient (Wildman–Crippen LogP) is 2.02. The summed E-state index contributed by atoms with van der Waals surface area (Å²) in [6.45, 7) is 2.94. The molecule has 1 aromatic carbocycles. The lowest BCUT2D eigenvalue weighted by Gasteiger charge is -2.21. The average molecular weight is 206 g/mol. The van der Waals surface area contributed by atoms with Crippen molar-refractivity contribution >= 4 is 11.4 Å². The molecule has 2 N–H and O–H groups in total. The number of benzene rings is 1. The summed E-state index contributed by atoms with van der Waals surface area (Å²) in [7, 11) is 1.72. The van der Waals surface area contributed by atoms with E-state index in [4.69, 9.17) is 10.5 Å². The molecule has 0 unspecified atom stereocenters. The second-order valence-corrected chi connectivity index (χ2v) is 4.02. The van der Waals surface area contributed by atoms with Crippen molar-refractivity contribution in [3.8, 4) is 0 Å². The Kier molecular flexibility index (Phi) is 3.11. The highest BCUT2D eigenvalue weighted by Crippen LogP contribution is 2.26. The third kappa shape index (κ3) is 2.23. The molecule has 1 saturated heterocycles. The number of hydrogen-bond acceptors (Lipinski definition) is 3. The maximum absolute atomic E-state index is 5.78. The molecule has 82 valence electrons. The SMILES string of the molecule is COCc1cc(N)ccc1N1CCCC1. The Balaban J connectivity index is 2.27. The first-order valence-corrected chi connectivity index (χ1v) is 5.43. The van der Waals surface area contributed by atoms with Crippen LogP contribution in [0.2, 0.25) is 0 Å². The number of nitrogens with two attached hydrogens (primary N) is 1. The molecule has 0 saturated carbocycles. The van der Waals surface area contributed by atoms with Crippen molar-refractivity contribution in [2.45, 2.75) is 19.4 Å². The highest BCUT2D eigenvalue weighted by molar-refractivity contribution is 5.59. The average Bonchev–Trinajstić information content (AvgIpc) is 2.71. The highest BCUT2D eigenvalue weighted by Gasteiger charge is 2.15. The molecule has 0 radical (unpaired) electrons. The van der Waals surface area contributed by atoms with Crippen LogP contribution < -0.4 is 10.6 Å². The molecule has 0 spiro atoms. The predicted molar refractivity (Wildman–Crippen MR) is 63.0 cm³/mol. The van der Waals surface area contributed by atoms with Crippen LogP contribution in [-0.2, 0) is 11.3 Å². The van der Waals surface area contributed by atoms with Crippen LogP contribution in [0.4, 0.5) is 11.4 Å². The van der Waals surface area contributed by atoms with Crippen LogP contribution in [0, 0.1) is 0 Å². The second kappa shape index (κ2) is 4.53. The van der Waals surface area contributed by atoms with Crippen LogP contribution >= 0.6 is 0 Å². The summed E-state index contributed by atoms with van der Waals surface area (Å²) in [6, 6.07) is 6.08. The van der Waals surface area contributed by atoms with Gasteiger partial charge in [-0.15, -0.1) is 0 Å². The third-order valence-electron chi connectivity index (χ3n) is 2.85. The Morgan fingerprint density at radius 2 is 2.07 bits per heavy atom. The fourth-order valence-electron chi connectivity index (χ4n) is 2.14. The van der Waals surface area contributed by atoms with Gasteiger partial charge in [0.15, 0.2) is 0 Å². The summed E-state index contributed by atoms with van der Waals surface area (Å²) in [4.78, 5) is 2.41. The molecule has 0 atom stereocenters. The molecule has 1 aromatic rings.